The number of nitrogens with one attached hydrogen (secondary N) is 1. The van der Waals surface area contributed by atoms with E-state index in [4.69, 9.17) is 4.74 Å². The molecule has 0 saturated heterocycles. The number of hydrogen-bond donors (Lipinski definition) is 1. The van der Waals surface area contributed by atoms with E-state index in [2.05, 4.69) is 5.32 Å². The monoisotopic (exact) mass is 322 g/mol. The van der Waals surface area contributed by atoms with Crippen LogP contribution in [0.25, 0.3) is 0 Å². The summed E-state index contributed by atoms with van der Waals surface area (Å²) < 4.78 is 4.82. The van der Waals surface area contributed by atoms with Gasteiger partial charge in [0.15, 0.2) is 0 Å². The first-order valence-corrected chi connectivity index (χ1v) is 7.69. The number of amides is 1. The number of carbonyl (C=O) groups is 2. The van der Waals surface area contributed by atoms with E-state index in [1.807, 2.05) is 0 Å². The molecule has 1 amide bonds. The van der Waals surface area contributed by atoms with Gasteiger partial charge in [0.1, 0.15) is 0 Å². The van der Waals surface area contributed by atoms with Gasteiger partial charge in [-0.1, -0.05) is 24.6 Å². The zero-order chi connectivity index (χ0) is 17.1. The predicted molar refractivity (Wildman–Crippen MR) is 84.9 cm³/mol. The number of carbonyl (C=O) groups excluding carboxylic acids is 2. The number of hydrogen-bond acceptors (Lipinski definition) is 5. The van der Waals surface area contributed by atoms with Gasteiger partial charge in [0.05, 0.1) is 18.0 Å². The number of nitro benzene ring substituents is 1. The number of rotatable bonds is 10. The molecule has 0 aliphatic heterocycles. The summed E-state index contributed by atoms with van der Waals surface area (Å²) >= 11 is 0. The Labute approximate surface area is 135 Å². The smallest absolute Gasteiger partial charge is 0.305 e. The van der Waals surface area contributed by atoms with Gasteiger partial charge in [0.2, 0.25) is 5.91 Å². The van der Waals surface area contributed by atoms with E-state index in [9.17, 15) is 19.7 Å². The largest absolute Gasteiger partial charge is 0.466 e. The first-order chi connectivity index (χ1) is 11.0. The van der Waals surface area contributed by atoms with E-state index in [1.54, 1.807) is 25.1 Å². The van der Waals surface area contributed by atoms with Crippen LogP contribution in [0.3, 0.4) is 0 Å². The number of benzene rings is 1. The van der Waals surface area contributed by atoms with Crippen molar-refractivity contribution in [2.24, 2.45) is 0 Å². The third-order valence-electron chi connectivity index (χ3n) is 3.22. The number of nitrogens with zero attached hydrogens (tertiary/aromatic N) is 1. The third kappa shape index (κ3) is 7.39. The van der Waals surface area contributed by atoms with Crippen LogP contribution in [0.2, 0.25) is 0 Å². The molecule has 1 aromatic rings. The molecule has 0 atom stereocenters. The van der Waals surface area contributed by atoms with Crippen molar-refractivity contribution >= 4 is 17.6 Å². The zero-order valence-corrected chi connectivity index (χ0v) is 13.2. The van der Waals surface area contributed by atoms with Crippen molar-refractivity contribution < 1.29 is 19.2 Å². The highest BCUT2D eigenvalue weighted by molar-refractivity contribution is 5.79. The number of para-hydroxylation sites is 1. The molecule has 0 unspecified atom stereocenters. The van der Waals surface area contributed by atoms with Crippen molar-refractivity contribution in [1.82, 2.24) is 5.32 Å². The molecule has 0 saturated carbocycles. The van der Waals surface area contributed by atoms with Gasteiger partial charge in [-0.05, 0) is 19.8 Å². The molecule has 0 spiro atoms. The topological polar surface area (TPSA) is 98.5 Å². The molecule has 0 radical (unpaired) electrons. The molecule has 0 heterocycles. The lowest BCUT2D eigenvalue weighted by molar-refractivity contribution is -0.385. The first kappa shape index (κ1) is 18.6. The number of unbranched alkanes of at least 4 members (excludes halogenated alkanes) is 2. The van der Waals surface area contributed by atoms with E-state index in [0.29, 0.717) is 25.1 Å². The molecule has 0 fully saturated rings. The predicted octanol–water partition coefficient (Wildman–Crippen LogP) is 2.38. The highest BCUT2D eigenvalue weighted by atomic mass is 16.6. The van der Waals surface area contributed by atoms with E-state index < -0.39 is 4.92 Å². The number of ether oxygens (including phenoxy) is 1. The van der Waals surface area contributed by atoms with Crippen molar-refractivity contribution in [3.8, 4) is 0 Å². The van der Waals surface area contributed by atoms with E-state index in [-0.39, 0.29) is 24.0 Å². The van der Waals surface area contributed by atoms with Gasteiger partial charge in [0, 0.05) is 24.6 Å². The van der Waals surface area contributed by atoms with Crippen LogP contribution >= 0.6 is 0 Å². The third-order valence-corrected chi connectivity index (χ3v) is 3.22. The molecule has 0 aliphatic rings. The Hall–Kier alpha value is -2.44. The van der Waals surface area contributed by atoms with Crippen LogP contribution in [0.15, 0.2) is 24.3 Å². The van der Waals surface area contributed by atoms with Crippen molar-refractivity contribution in [2.75, 3.05) is 13.2 Å². The Morgan fingerprint density at radius 2 is 1.96 bits per heavy atom. The van der Waals surface area contributed by atoms with Crippen LogP contribution in [0.4, 0.5) is 5.69 Å². The van der Waals surface area contributed by atoms with Crippen LogP contribution in [0.1, 0.15) is 38.2 Å². The van der Waals surface area contributed by atoms with Crippen molar-refractivity contribution in [2.45, 2.75) is 39.0 Å². The maximum atomic E-state index is 11.8. The molecular weight excluding hydrogens is 300 g/mol. The Morgan fingerprint density at radius 1 is 1.22 bits per heavy atom. The highest BCUT2D eigenvalue weighted by Gasteiger charge is 2.14. The molecule has 0 aliphatic carbocycles. The minimum Gasteiger partial charge on any atom is -0.466 e. The molecule has 7 heteroatoms. The van der Waals surface area contributed by atoms with E-state index >= 15 is 0 Å². The van der Waals surface area contributed by atoms with Crippen molar-refractivity contribution in [3.63, 3.8) is 0 Å². The first-order valence-electron chi connectivity index (χ1n) is 7.69. The Balaban J connectivity index is 2.23. The maximum absolute atomic E-state index is 11.8. The minimum absolute atomic E-state index is 0.0139. The fraction of sp³-hybridized carbons (Fsp3) is 0.500. The average molecular weight is 322 g/mol. The average Bonchev–Trinajstić information content (AvgIpc) is 2.51. The molecule has 0 aromatic heterocycles. The Bertz CT molecular complexity index is 545. The summed E-state index contributed by atoms with van der Waals surface area (Å²) in [6.45, 7) is 2.65. The molecule has 1 N–H and O–H groups in total. The summed E-state index contributed by atoms with van der Waals surface area (Å²) in [5, 5.41) is 13.6. The molecular formula is C16H22N2O5. The van der Waals surface area contributed by atoms with Crippen LogP contribution in [-0.4, -0.2) is 30.0 Å². The van der Waals surface area contributed by atoms with Gasteiger partial charge in [-0.25, -0.2) is 0 Å². The lowest BCUT2D eigenvalue weighted by Gasteiger charge is -2.06. The summed E-state index contributed by atoms with van der Waals surface area (Å²) in [5.74, 6) is -0.447. The van der Waals surface area contributed by atoms with Gasteiger partial charge in [-0.2, -0.15) is 0 Å². The van der Waals surface area contributed by atoms with E-state index in [0.717, 1.165) is 19.3 Å². The summed E-state index contributed by atoms with van der Waals surface area (Å²) in [7, 11) is 0. The van der Waals surface area contributed by atoms with Gasteiger partial charge in [-0.15, -0.1) is 0 Å². The number of esters is 1. The van der Waals surface area contributed by atoms with Crippen LogP contribution in [0, 0.1) is 10.1 Å². The molecule has 23 heavy (non-hydrogen) atoms. The van der Waals surface area contributed by atoms with Gasteiger partial charge in [0.25, 0.3) is 5.69 Å². The standard InChI is InChI=1S/C16H22N2O5/c1-2-23-16(20)10-4-3-7-11-17-15(19)12-13-8-5-6-9-14(13)18(21)22/h5-6,8-9H,2-4,7,10-12H2,1H3,(H,17,19). The van der Waals surface area contributed by atoms with Crippen LogP contribution < -0.4 is 5.32 Å². The Morgan fingerprint density at radius 3 is 2.65 bits per heavy atom. The highest BCUT2D eigenvalue weighted by Crippen LogP contribution is 2.17. The second kappa shape index (κ2) is 10.3. The fourth-order valence-electron chi connectivity index (χ4n) is 2.11. The molecule has 1 aromatic carbocycles. The second-order valence-corrected chi connectivity index (χ2v) is 5.03. The Kier molecular flexibility index (Phi) is 8.34. The van der Waals surface area contributed by atoms with Crippen molar-refractivity contribution in [1.29, 1.82) is 0 Å². The summed E-state index contributed by atoms with van der Waals surface area (Å²) in [6, 6.07) is 6.21. The molecule has 126 valence electrons. The van der Waals surface area contributed by atoms with Gasteiger partial charge in [-0.3, -0.25) is 19.7 Å². The summed E-state index contributed by atoms with van der Waals surface area (Å²) in [4.78, 5) is 33.3. The van der Waals surface area contributed by atoms with Crippen molar-refractivity contribution in [3.05, 3.63) is 39.9 Å². The fourth-order valence-corrected chi connectivity index (χ4v) is 2.11. The van der Waals surface area contributed by atoms with Gasteiger partial charge >= 0.3 is 5.97 Å². The lowest BCUT2D eigenvalue weighted by atomic mass is 10.1. The maximum Gasteiger partial charge on any atom is 0.305 e. The van der Waals surface area contributed by atoms with Gasteiger partial charge < -0.3 is 10.1 Å². The zero-order valence-electron chi connectivity index (χ0n) is 13.2. The SMILES string of the molecule is CCOC(=O)CCCCCNC(=O)Cc1ccccc1[N+](=O)[O-]. The second-order valence-electron chi connectivity index (χ2n) is 5.03. The minimum atomic E-state index is -0.488. The summed E-state index contributed by atoms with van der Waals surface area (Å²) in [5.41, 5.74) is 0.356. The lowest BCUT2D eigenvalue weighted by Crippen LogP contribution is -2.26. The molecule has 0 bridgehead atoms. The van der Waals surface area contributed by atoms with Crippen LogP contribution in [0.5, 0.6) is 0 Å². The molecule has 7 nitrogen and oxygen atoms in total. The van der Waals surface area contributed by atoms with E-state index in [1.165, 1.54) is 6.07 Å². The quantitative estimate of drug-likeness (QED) is 0.308. The van der Waals surface area contributed by atoms with Crippen LogP contribution in [-0.2, 0) is 20.7 Å². The summed E-state index contributed by atoms with van der Waals surface area (Å²) in [6.07, 6.45) is 2.66. The normalized spacial score (nSPS) is 10.1. The molecule has 1 rings (SSSR count). The number of nitro groups is 1.